The number of rotatable bonds is 4. The number of nitrogens with zero attached hydrogens (tertiary/aromatic N) is 1. The summed E-state index contributed by atoms with van der Waals surface area (Å²) in [6, 6.07) is 8.65. The van der Waals surface area contributed by atoms with E-state index in [1.54, 1.807) is 24.3 Å². The zero-order chi connectivity index (χ0) is 12.3. The van der Waals surface area contributed by atoms with Crippen molar-refractivity contribution in [1.82, 2.24) is 5.32 Å². The molecule has 0 radical (unpaired) electrons. The van der Waals surface area contributed by atoms with Crippen LogP contribution in [0.15, 0.2) is 24.3 Å². The molecule has 88 valence electrons. The normalized spacial score (nSPS) is 16.0. The Bertz CT molecular complexity index is 443. The third kappa shape index (κ3) is 3.05. The van der Waals surface area contributed by atoms with Crippen LogP contribution in [0.2, 0.25) is 0 Å². The summed E-state index contributed by atoms with van der Waals surface area (Å²) in [7, 11) is 0. The number of amides is 1. The molecule has 2 rings (SSSR count). The van der Waals surface area contributed by atoms with Crippen LogP contribution in [-0.4, -0.2) is 18.5 Å². The molecular weight excluding hydrogens is 214 g/mol. The Kier molecular flexibility index (Phi) is 3.40. The Morgan fingerprint density at radius 1 is 1.47 bits per heavy atom. The zero-order valence-corrected chi connectivity index (χ0v) is 9.52. The Hall–Kier alpha value is -1.86. The van der Waals surface area contributed by atoms with Gasteiger partial charge in [0.2, 0.25) is 0 Å². The lowest BCUT2D eigenvalue weighted by Gasteiger charge is -2.11. The summed E-state index contributed by atoms with van der Waals surface area (Å²) in [6.45, 7) is 0.517. The van der Waals surface area contributed by atoms with Crippen molar-refractivity contribution in [2.45, 2.75) is 18.9 Å². The van der Waals surface area contributed by atoms with Crippen LogP contribution in [0.4, 0.5) is 0 Å². The predicted molar refractivity (Wildman–Crippen MR) is 64.2 cm³/mol. The lowest BCUT2D eigenvalue weighted by molar-refractivity contribution is 0.0950. The molecule has 17 heavy (non-hydrogen) atoms. The molecule has 1 unspecified atom stereocenters. The van der Waals surface area contributed by atoms with E-state index in [0.717, 1.165) is 0 Å². The monoisotopic (exact) mass is 229 g/mol. The number of nitriles is 1. The Morgan fingerprint density at radius 3 is 2.65 bits per heavy atom. The minimum atomic E-state index is -0.134. The summed E-state index contributed by atoms with van der Waals surface area (Å²) in [5, 5.41) is 11.5. The van der Waals surface area contributed by atoms with Crippen LogP contribution >= 0.6 is 0 Å². The first-order chi connectivity index (χ1) is 8.20. The van der Waals surface area contributed by atoms with Gasteiger partial charge in [-0.3, -0.25) is 4.79 Å². The van der Waals surface area contributed by atoms with Crippen LogP contribution < -0.4 is 11.1 Å². The average Bonchev–Trinajstić information content (AvgIpc) is 3.20. The SMILES string of the molecule is N#Cc1ccc(C(=O)NCC(N)C2CC2)cc1. The van der Waals surface area contributed by atoms with Gasteiger partial charge in [0.25, 0.3) is 5.91 Å². The fraction of sp³-hybridized carbons (Fsp3) is 0.385. The van der Waals surface area contributed by atoms with Crippen molar-refractivity contribution in [2.24, 2.45) is 11.7 Å². The van der Waals surface area contributed by atoms with E-state index in [4.69, 9.17) is 11.0 Å². The maximum atomic E-state index is 11.7. The van der Waals surface area contributed by atoms with Gasteiger partial charge in [0.05, 0.1) is 11.6 Å². The number of carbonyl (C=O) groups excluding carboxylic acids is 1. The first-order valence-electron chi connectivity index (χ1n) is 5.74. The molecule has 0 aliphatic heterocycles. The first kappa shape index (κ1) is 11.6. The highest BCUT2D eigenvalue weighted by Crippen LogP contribution is 2.31. The topological polar surface area (TPSA) is 78.9 Å². The summed E-state index contributed by atoms with van der Waals surface area (Å²) in [5.74, 6) is 0.446. The van der Waals surface area contributed by atoms with Crippen LogP contribution in [0, 0.1) is 17.2 Å². The van der Waals surface area contributed by atoms with Gasteiger partial charge >= 0.3 is 0 Å². The van der Waals surface area contributed by atoms with Gasteiger partial charge in [0, 0.05) is 18.2 Å². The van der Waals surface area contributed by atoms with Crippen LogP contribution in [-0.2, 0) is 0 Å². The number of benzene rings is 1. The Labute approximate surface area is 100 Å². The Morgan fingerprint density at radius 2 is 2.12 bits per heavy atom. The maximum absolute atomic E-state index is 11.7. The molecule has 1 atom stereocenters. The van der Waals surface area contributed by atoms with Crippen molar-refractivity contribution >= 4 is 5.91 Å². The average molecular weight is 229 g/mol. The standard InChI is InChI=1S/C13H15N3O/c14-7-9-1-3-11(4-2-9)13(17)16-8-12(15)10-5-6-10/h1-4,10,12H,5-6,8,15H2,(H,16,17). The summed E-state index contributed by atoms with van der Waals surface area (Å²) in [4.78, 5) is 11.7. The first-order valence-corrected chi connectivity index (χ1v) is 5.74. The van der Waals surface area contributed by atoms with Gasteiger partial charge in [-0.1, -0.05) is 0 Å². The van der Waals surface area contributed by atoms with E-state index >= 15 is 0 Å². The van der Waals surface area contributed by atoms with Crippen molar-refractivity contribution in [2.75, 3.05) is 6.54 Å². The van der Waals surface area contributed by atoms with E-state index in [1.807, 2.05) is 6.07 Å². The van der Waals surface area contributed by atoms with E-state index < -0.39 is 0 Å². The molecule has 3 N–H and O–H groups in total. The maximum Gasteiger partial charge on any atom is 0.251 e. The van der Waals surface area contributed by atoms with Gasteiger partial charge in [-0.2, -0.15) is 5.26 Å². The van der Waals surface area contributed by atoms with Crippen molar-refractivity contribution in [3.8, 4) is 6.07 Å². The van der Waals surface area contributed by atoms with E-state index in [9.17, 15) is 4.79 Å². The molecule has 0 spiro atoms. The van der Waals surface area contributed by atoms with Crippen molar-refractivity contribution in [3.63, 3.8) is 0 Å². The van der Waals surface area contributed by atoms with Crippen molar-refractivity contribution in [3.05, 3.63) is 35.4 Å². The van der Waals surface area contributed by atoms with Crippen LogP contribution in [0.25, 0.3) is 0 Å². The zero-order valence-electron chi connectivity index (χ0n) is 9.52. The second-order valence-corrected chi connectivity index (χ2v) is 4.40. The molecule has 0 bridgehead atoms. The lowest BCUT2D eigenvalue weighted by Crippen LogP contribution is -2.38. The molecule has 1 aliphatic carbocycles. The van der Waals surface area contributed by atoms with E-state index in [2.05, 4.69) is 5.32 Å². The molecular formula is C13H15N3O. The minimum Gasteiger partial charge on any atom is -0.350 e. The molecule has 4 heteroatoms. The predicted octanol–water partition coefficient (Wildman–Crippen LogP) is 1.03. The molecule has 0 aromatic heterocycles. The highest BCUT2D eigenvalue weighted by molar-refractivity contribution is 5.94. The second kappa shape index (κ2) is 4.98. The number of hydrogen-bond donors (Lipinski definition) is 2. The fourth-order valence-corrected chi connectivity index (χ4v) is 1.70. The third-order valence-corrected chi connectivity index (χ3v) is 3.00. The quantitative estimate of drug-likeness (QED) is 0.809. The largest absolute Gasteiger partial charge is 0.350 e. The minimum absolute atomic E-state index is 0.0670. The Balaban J connectivity index is 1.88. The van der Waals surface area contributed by atoms with Gasteiger partial charge in [-0.15, -0.1) is 0 Å². The molecule has 1 aliphatic rings. The van der Waals surface area contributed by atoms with Crippen LogP contribution in [0.1, 0.15) is 28.8 Å². The van der Waals surface area contributed by atoms with Crippen molar-refractivity contribution < 1.29 is 4.79 Å². The van der Waals surface area contributed by atoms with E-state index in [-0.39, 0.29) is 11.9 Å². The molecule has 0 heterocycles. The van der Waals surface area contributed by atoms with Crippen LogP contribution in [0.3, 0.4) is 0 Å². The van der Waals surface area contributed by atoms with Gasteiger partial charge < -0.3 is 11.1 Å². The molecule has 1 aromatic carbocycles. The molecule has 1 aromatic rings. The smallest absolute Gasteiger partial charge is 0.251 e. The van der Waals surface area contributed by atoms with E-state index in [0.29, 0.717) is 23.6 Å². The molecule has 4 nitrogen and oxygen atoms in total. The fourth-order valence-electron chi connectivity index (χ4n) is 1.70. The highest BCUT2D eigenvalue weighted by atomic mass is 16.1. The van der Waals surface area contributed by atoms with Gasteiger partial charge in [-0.05, 0) is 43.0 Å². The molecule has 1 fully saturated rings. The molecule has 1 amide bonds. The number of hydrogen-bond acceptors (Lipinski definition) is 3. The molecule has 0 saturated heterocycles. The lowest BCUT2D eigenvalue weighted by atomic mass is 10.1. The summed E-state index contributed by atoms with van der Waals surface area (Å²) in [5.41, 5.74) is 7.01. The molecule has 1 saturated carbocycles. The summed E-state index contributed by atoms with van der Waals surface area (Å²) >= 11 is 0. The van der Waals surface area contributed by atoms with Gasteiger partial charge in [0.15, 0.2) is 0 Å². The van der Waals surface area contributed by atoms with Gasteiger partial charge in [-0.25, -0.2) is 0 Å². The van der Waals surface area contributed by atoms with Crippen LogP contribution in [0.5, 0.6) is 0 Å². The number of nitrogens with two attached hydrogens (primary N) is 1. The number of nitrogens with one attached hydrogen (secondary N) is 1. The number of carbonyl (C=O) groups is 1. The summed E-state index contributed by atoms with van der Waals surface area (Å²) in [6.07, 6.45) is 2.35. The third-order valence-electron chi connectivity index (χ3n) is 3.00. The van der Waals surface area contributed by atoms with Crippen molar-refractivity contribution in [1.29, 1.82) is 5.26 Å². The second-order valence-electron chi connectivity index (χ2n) is 4.40. The summed E-state index contributed by atoms with van der Waals surface area (Å²) < 4.78 is 0. The van der Waals surface area contributed by atoms with E-state index in [1.165, 1.54) is 12.8 Å². The highest BCUT2D eigenvalue weighted by Gasteiger charge is 2.28. The van der Waals surface area contributed by atoms with Gasteiger partial charge in [0.1, 0.15) is 0 Å².